The van der Waals surface area contributed by atoms with Crippen LogP contribution in [0.5, 0.6) is 5.75 Å². The fourth-order valence-corrected chi connectivity index (χ4v) is 2.10. The Bertz CT molecular complexity index is 623. The SMILES string of the molecule is CCOc1ccc(C#N)c(S(=O)(=O)O)c1C#N. The Hall–Kier alpha value is -2.09. The lowest BCUT2D eigenvalue weighted by atomic mass is 10.1. The summed E-state index contributed by atoms with van der Waals surface area (Å²) in [5.74, 6) is 0.0154. The Labute approximate surface area is 98.4 Å². The van der Waals surface area contributed by atoms with Gasteiger partial charge in [-0.15, -0.1) is 0 Å². The molecule has 0 aliphatic carbocycles. The summed E-state index contributed by atoms with van der Waals surface area (Å²) in [6.07, 6.45) is 0. The fourth-order valence-electron chi connectivity index (χ4n) is 1.30. The van der Waals surface area contributed by atoms with E-state index in [0.717, 1.165) is 0 Å². The van der Waals surface area contributed by atoms with Crippen molar-refractivity contribution < 1.29 is 17.7 Å². The second-order valence-electron chi connectivity index (χ2n) is 2.95. The molecular formula is C10H8N2O4S. The van der Waals surface area contributed by atoms with E-state index in [2.05, 4.69) is 0 Å². The van der Waals surface area contributed by atoms with E-state index in [1.54, 1.807) is 19.1 Å². The second-order valence-corrected chi connectivity index (χ2v) is 4.31. The molecule has 7 heteroatoms. The number of hydrogen-bond donors (Lipinski definition) is 1. The molecule has 0 amide bonds. The molecule has 1 rings (SSSR count). The van der Waals surface area contributed by atoms with E-state index in [4.69, 9.17) is 19.8 Å². The summed E-state index contributed by atoms with van der Waals surface area (Å²) < 4.78 is 36.4. The van der Waals surface area contributed by atoms with Gasteiger partial charge in [-0.1, -0.05) is 0 Å². The summed E-state index contributed by atoms with van der Waals surface area (Å²) in [7, 11) is -4.65. The van der Waals surface area contributed by atoms with Crippen LogP contribution < -0.4 is 4.74 Å². The first-order chi connectivity index (χ1) is 7.95. The number of benzene rings is 1. The predicted molar refractivity (Wildman–Crippen MR) is 56.9 cm³/mol. The van der Waals surface area contributed by atoms with Gasteiger partial charge in [0.1, 0.15) is 28.3 Å². The second kappa shape index (κ2) is 4.83. The van der Waals surface area contributed by atoms with Crippen LogP contribution >= 0.6 is 0 Å². The Balaban J connectivity index is 3.70. The summed E-state index contributed by atoms with van der Waals surface area (Å²) in [4.78, 5) is -0.714. The molecule has 0 bridgehead atoms. The highest BCUT2D eigenvalue weighted by Crippen LogP contribution is 2.28. The molecule has 17 heavy (non-hydrogen) atoms. The molecule has 1 aromatic rings. The lowest BCUT2D eigenvalue weighted by molar-refractivity contribution is 0.338. The van der Waals surface area contributed by atoms with Crippen molar-refractivity contribution in [1.29, 1.82) is 10.5 Å². The van der Waals surface area contributed by atoms with Crippen molar-refractivity contribution in [2.45, 2.75) is 11.8 Å². The lowest BCUT2D eigenvalue weighted by Crippen LogP contribution is -2.07. The summed E-state index contributed by atoms with van der Waals surface area (Å²) in [5.41, 5.74) is -0.666. The third kappa shape index (κ3) is 2.53. The molecule has 0 atom stereocenters. The van der Waals surface area contributed by atoms with Crippen LogP contribution in [0.25, 0.3) is 0 Å². The van der Waals surface area contributed by atoms with Gasteiger partial charge in [-0.2, -0.15) is 18.9 Å². The molecule has 0 aliphatic rings. The van der Waals surface area contributed by atoms with Crippen LogP contribution in [0.3, 0.4) is 0 Å². The van der Waals surface area contributed by atoms with Crippen molar-refractivity contribution in [3.8, 4) is 17.9 Å². The normalized spacial score (nSPS) is 10.4. The van der Waals surface area contributed by atoms with E-state index in [1.165, 1.54) is 12.1 Å². The number of nitriles is 2. The number of nitrogens with zero attached hydrogens (tertiary/aromatic N) is 2. The minimum Gasteiger partial charge on any atom is -0.492 e. The smallest absolute Gasteiger partial charge is 0.297 e. The largest absolute Gasteiger partial charge is 0.492 e. The topological polar surface area (TPSA) is 111 Å². The first-order valence-electron chi connectivity index (χ1n) is 4.53. The average molecular weight is 252 g/mol. The van der Waals surface area contributed by atoms with Crippen molar-refractivity contribution in [3.63, 3.8) is 0 Å². The molecule has 0 heterocycles. The molecule has 0 spiro atoms. The molecular weight excluding hydrogens is 244 g/mol. The molecule has 0 saturated heterocycles. The van der Waals surface area contributed by atoms with Gasteiger partial charge in [-0.25, -0.2) is 0 Å². The minimum absolute atomic E-state index is 0.0154. The lowest BCUT2D eigenvalue weighted by Gasteiger charge is -2.09. The average Bonchev–Trinajstić information content (AvgIpc) is 2.27. The van der Waals surface area contributed by atoms with Crippen LogP contribution in [0.15, 0.2) is 17.0 Å². The van der Waals surface area contributed by atoms with Crippen LogP contribution in [0.4, 0.5) is 0 Å². The van der Waals surface area contributed by atoms with Crippen molar-refractivity contribution in [3.05, 3.63) is 23.3 Å². The summed E-state index contributed by atoms with van der Waals surface area (Å²) in [6, 6.07) is 5.71. The highest BCUT2D eigenvalue weighted by atomic mass is 32.2. The summed E-state index contributed by atoms with van der Waals surface area (Å²) in [5, 5.41) is 17.6. The van der Waals surface area contributed by atoms with Gasteiger partial charge in [0, 0.05) is 0 Å². The molecule has 1 aromatic carbocycles. The van der Waals surface area contributed by atoms with E-state index in [9.17, 15) is 8.42 Å². The number of ether oxygens (including phenoxy) is 1. The van der Waals surface area contributed by atoms with Crippen LogP contribution in [-0.4, -0.2) is 19.6 Å². The Morgan fingerprint density at radius 2 is 2.00 bits per heavy atom. The van der Waals surface area contributed by atoms with Crippen molar-refractivity contribution >= 4 is 10.1 Å². The van der Waals surface area contributed by atoms with Gasteiger partial charge in [-0.05, 0) is 19.1 Å². The number of rotatable bonds is 3. The molecule has 0 radical (unpaired) electrons. The summed E-state index contributed by atoms with van der Waals surface area (Å²) >= 11 is 0. The van der Waals surface area contributed by atoms with Crippen LogP contribution in [0.2, 0.25) is 0 Å². The quantitative estimate of drug-likeness (QED) is 0.805. The first kappa shape index (κ1) is 13.0. The van der Waals surface area contributed by atoms with Gasteiger partial charge in [-0.3, -0.25) is 4.55 Å². The number of hydrogen-bond acceptors (Lipinski definition) is 5. The fraction of sp³-hybridized carbons (Fsp3) is 0.200. The van der Waals surface area contributed by atoms with Crippen molar-refractivity contribution in [1.82, 2.24) is 0 Å². The molecule has 0 fully saturated rings. The van der Waals surface area contributed by atoms with E-state index >= 15 is 0 Å². The van der Waals surface area contributed by atoms with Gasteiger partial charge < -0.3 is 4.74 Å². The van der Waals surface area contributed by atoms with Gasteiger partial charge >= 0.3 is 0 Å². The van der Waals surface area contributed by atoms with E-state index < -0.39 is 15.0 Å². The molecule has 6 nitrogen and oxygen atoms in total. The van der Waals surface area contributed by atoms with E-state index in [0.29, 0.717) is 0 Å². The Morgan fingerprint density at radius 1 is 1.35 bits per heavy atom. The molecule has 0 unspecified atom stereocenters. The van der Waals surface area contributed by atoms with Crippen molar-refractivity contribution in [2.75, 3.05) is 6.61 Å². The zero-order chi connectivity index (χ0) is 13.1. The Kier molecular flexibility index (Phi) is 3.69. The maximum atomic E-state index is 11.1. The molecule has 0 aliphatic heterocycles. The summed E-state index contributed by atoms with van der Waals surface area (Å²) in [6.45, 7) is 1.89. The maximum absolute atomic E-state index is 11.1. The van der Waals surface area contributed by atoms with Crippen molar-refractivity contribution in [2.24, 2.45) is 0 Å². The zero-order valence-corrected chi connectivity index (χ0v) is 9.65. The third-order valence-electron chi connectivity index (χ3n) is 1.91. The van der Waals surface area contributed by atoms with Gasteiger partial charge in [0.05, 0.1) is 12.2 Å². The van der Waals surface area contributed by atoms with Crippen LogP contribution in [0.1, 0.15) is 18.1 Å². The Morgan fingerprint density at radius 3 is 2.41 bits per heavy atom. The monoisotopic (exact) mass is 252 g/mol. The van der Waals surface area contributed by atoms with E-state index in [1.807, 2.05) is 0 Å². The minimum atomic E-state index is -4.65. The van der Waals surface area contributed by atoms with Gasteiger partial charge in [0.25, 0.3) is 10.1 Å². The first-order valence-corrected chi connectivity index (χ1v) is 5.97. The molecule has 0 aromatic heterocycles. The van der Waals surface area contributed by atoms with Crippen LogP contribution in [-0.2, 0) is 10.1 Å². The highest BCUT2D eigenvalue weighted by Gasteiger charge is 2.24. The van der Waals surface area contributed by atoms with E-state index in [-0.39, 0.29) is 23.5 Å². The third-order valence-corrected chi connectivity index (χ3v) is 2.85. The van der Waals surface area contributed by atoms with Gasteiger partial charge in [0.2, 0.25) is 0 Å². The van der Waals surface area contributed by atoms with Crippen LogP contribution in [0, 0.1) is 22.7 Å². The molecule has 1 N–H and O–H groups in total. The predicted octanol–water partition coefficient (Wildman–Crippen LogP) is 1.08. The maximum Gasteiger partial charge on any atom is 0.297 e. The molecule has 88 valence electrons. The standard InChI is InChI=1S/C10H8N2O4S/c1-2-16-9-4-3-7(5-11)10(8(9)6-12)17(13,14)15/h3-4H,2H2,1H3,(H,13,14,15). The van der Waals surface area contributed by atoms with Gasteiger partial charge in [0.15, 0.2) is 0 Å². The zero-order valence-electron chi connectivity index (χ0n) is 8.84. The molecule has 0 saturated carbocycles. The highest BCUT2D eigenvalue weighted by molar-refractivity contribution is 7.86.